The molecule has 9 nitrogen and oxygen atoms in total. The molecule has 3 aromatic rings. The Morgan fingerprint density at radius 3 is 2.33 bits per heavy atom. The van der Waals surface area contributed by atoms with E-state index in [9.17, 15) is 9.90 Å². The van der Waals surface area contributed by atoms with Gasteiger partial charge in [0.1, 0.15) is 5.82 Å². The van der Waals surface area contributed by atoms with Crippen LogP contribution in [0.1, 0.15) is 69.3 Å². The summed E-state index contributed by atoms with van der Waals surface area (Å²) in [7, 11) is 2.93. The van der Waals surface area contributed by atoms with Crippen LogP contribution in [-0.2, 0) is 4.74 Å². The van der Waals surface area contributed by atoms with E-state index in [0.29, 0.717) is 49.8 Å². The van der Waals surface area contributed by atoms with E-state index in [1.807, 2.05) is 59.8 Å². The Labute approximate surface area is 235 Å². The van der Waals surface area contributed by atoms with Crippen LogP contribution in [0.2, 0.25) is 0 Å². The number of aliphatic imine (C=N–C) groups is 1. The topological polar surface area (TPSA) is 128 Å². The molecule has 0 bridgehead atoms. The quantitative estimate of drug-likeness (QED) is 0.185. The van der Waals surface area contributed by atoms with Crippen molar-refractivity contribution in [2.24, 2.45) is 4.99 Å². The largest absolute Gasteiger partial charge is 0.504 e. The van der Waals surface area contributed by atoms with E-state index in [4.69, 9.17) is 24.9 Å². The molecule has 2 aromatic carbocycles. The molecule has 0 radical (unpaired) electrons. The number of nitrogens with zero attached hydrogens (tertiary/aromatic N) is 2. The van der Waals surface area contributed by atoms with Gasteiger partial charge in [-0.25, -0.2) is 9.78 Å². The summed E-state index contributed by atoms with van der Waals surface area (Å²) in [6.45, 7) is 13.7. The number of methoxy groups -OCH3 is 2. The van der Waals surface area contributed by atoms with Crippen LogP contribution in [0.15, 0.2) is 47.5 Å². The number of benzene rings is 2. The monoisotopic (exact) mass is 556 g/mol. The lowest BCUT2D eigenvalue weighted by atomic mass is 10.0. The van der Waals surface area contributed by atoms with E-state index in [2.05, 4.69) is 10.3 Å². The summed E-state index contributed by atoms with van der Waals surface area (Å²) in [6.07, 6.45) is 1.82. The molecule has 0 unspecified atom stereocenters. The number of thiazole rings is 1. The first-order valence-electron chi connectivity index (χ1n) is 12.8. The number of aromatic hydroxyl groups is 1. The van der Waals surface area contributed by atoms with E-state index in [-0.39, 0.29) is 18.1 Å². The number of phenols is 1. The van der Waals surface area contributed by atoms with Gasteiger partial charge in [0.2, 0.25) is 5.75 Å². The standard InChI is InChI=1S/C25H28N4O5S.2C2H6/c1-6-18(16-10-8-9-11-17(16)24(31)34-7-2)27-14(3)22-23(26)29-25(35-22)28-15-12-19(30)21(33-5)20(13-15)32-4;2*1-2/h6,8-13,30H,7,26H2,1-5H3,(H,28,29);2*1-2H3/b18-6-,27-14?;;. The number of aromatic nitrogens is 1. The lowest BCUT2D eigenvalue weighted by Gasteiger charge is -2.11. The molecular weight excluding hydrogens is 516 g/mol. The highest BCUT2D eigenvalue weighted by molar-refractivity contribution is 7.18. The number of phenolic OH excluding ortho intramolecular Hbond substituents is 1. The number of allylic oxidation sites excluding steroid dienone is 1. The maximum absolute atomic E-state index is 12.4. The summed E-state index contributed by atoms with van der Waals surface area (Å²) in [5, 5.41) is 13.8. The Morgan fingerprint density at radius 2 is 1.77 bits per heavy atom. The minimum Gasteiger partial charge on any atom is -0.504 e. The van der Waals surface area contributed by atoms with Crippen LogP contribution in [0.25, 0.3) is 5.70 Å². The number of nitrogens with one attached hydrogen (secondary N) is 1. The van der Waals surface area contributed by atoms with Gasteiger partial charge in [-0.15, -0.1) is 0 Å². The smallest absolute Gasteiger partial charge is 0.338 e. The SMILES string of the molecule is C/C=C(\N=C(C)c1sc(Nc2cc(O)c(OC)c(OC)c2)nc1N)c1ccccc1C(=O)OCC.CC.CC. The minimum atomic E-state index is -0.405. The first-order valence-corrected chi connectivity index (χ1v) is 13.6. The Bertz CT molecular complexity index is 1280. The minimum absolute atomic E-state index is 0.0742. The molecular formula is C29H40N4O5S. The lowest BCUT2D eigenvalue weighted by molar-refractivity contribution is 0.0526. The van der Waals surface area contributed by atoms with Crippen molar-refractivity contribution in [1.29, 1.82) is 0 Å². The summed E-state index contributed by atoms with van der Waals surface area (Å²) >= 11 is 1.31. The van der Waals surface area contributed by atoms with Crippen molar-refractivity contribution in [3.8, 4) is 17.2 Å². The summed E-state index contributed by atoms with van der Waals surface area (Å²) in [6, 6.07) is 10.3. The van der Waals surface area contributed by atoms with Crippen LogP contribution < -0.4 is 20.5 Å². The van der Waals surface area contributed by atoms with E-state index < -0.39 is 5.97 Å². The number of nitrogen functional groups attached to an aromatic ring is 1. The van der Waals surface area contributed by atoms with E-state index in [0.717, 1.165) is 0 Å². The molecule has 0 aliphatic rings. The van der Waals surface area contributed by atoms with E-state index in [1.165, 1.54) is 31.6 Å². The maximum Gasteiger partial charge on any atom is 0.338 e. The molecule has 0 fully saturated rings. The van der Waals surface area contributed by atoms with Crippen molar-refractivity contribution in [2.75, 3.05) is 31.9 Å². The number of esters is 1. The second kappa shape index (κ2) is 16.7. The van der Waals surface area contributed by atoms with Gasteiger partial charge in [0.05, 0.1) is 42.7 Å². The predicted octanol–water partition coefficient (Wildman–Crippen LogP) is 7.29. The number of carbonyl (C=O) groups is 1. The molecule has 212 valence electrons. The maximum atomic E-state index is 12.4. The molecule has 0 saturated carbocycles. The number of nitrogens with two attached hydrogens (primary N) is 1. The normalized spacial score (nSPS) is 10.9. The number of rotatable bonds is 9. The molecule has 0 amide bonds. The molecule has 3 rings (SSSR count). The predicted molar refractivity (Wildman–Crippen MR) is 162 cm³/mol. The Morgan fingerprint density at radius 1 is 1.13 bits per heavy atom. The van der Waals surface area contributed by atoms with Gasteiger partial charge in [-0.05, 0) is 26.8 Å². The second-order valence-electron chi connectivity index (χ2n) is 7.23. The zero-order valence-electron chi connectivity index (χ0n) is 24.2. The summed E-state index contributed by atoms with van der Waals surface area (Å²) in [5.74, 6) is 0.433. The zero-order valence-corrected chi connectivity index (χ0v) is 25.0. The Hall–Kier alpha value is -4.05. The van der Waals surface area contributed by atoms with Crippen molar-refractivity contribution >= 4 is 45.4 Å². The van der Waals surface area contributed by atoms with Gasteiger partial charge >= 0.3 is 5.97 Å². The van der Waals surface area contributed by atoms with Crippen molar-refractivity contribution in [1.82, 2.24) is 4.98 Å². The number of hydrogen-bond acceptors (Lipinski definition) is 10. The average molecular weight is 557 g/mol. The highest BCUT2D eigenvalue weighted by Gasteiger charge is 2.18. The molecule has 0 aliphatic heterocycles. The fraction of sp³-hybridized carbons (Fsp3) is 0.345. The van der Waals surface area contributed by atoms with Gasteiger partial charge in [-0.2, -0.15) is 0 Å². The molecule has 0 saturated heterocycles. The molecule has 1 aromatic heterocycles. The fourth-order valence-corrected chi connectivity index (χ4v) is 4.24. The number of hydrogen-bond donors (Lipinski definition) is 3. The second-order valence-corrected chi connectivity index (χ2v) is 8.23. The van der Waals surface area contributed by atoms with Gasteiger partial charge in [0.15, 0.2) is 16.6 Å². The molecule has 0 aliphatic carbocycles. The van der Waals surface area contributed by atoms with Crippen molar-refractivity contribution in [2.45, 2.75) is 48.5 Å². The van der Waals surface area contributed by atoms with Crippen LogP contribution in [0.3, 0.4) is 0 Å². The van der Waals surface area contributed by atoms with Gasteiger partial charge in [-0.3, -0.25) is 4.99 Å². The summed E-state index contributed by atoms with van der Waals surface area (Å²) < 4.78 is 15.6. The van der Waals surface area contributed by atoms with E-state index >= 15 is 0 Å². The Balaban J connectivity index is 0.00000181. The molecule has 0 spiro atoms. The lowest BCUT2D eigenvalue weighted by Crippen LogP contribution is -2.08. The van der Waals surface area contributed by atoms with Gasteiger partial charge in [-0.1, -0.05) is 63.3 Å². The van der Waals surface area contributed by atoms with Crippen molar-refractivity contribution in [3.63, 3.8) is 0 Å². The summed E-state index contributed by atoms with van der Waals surface area (Å²) in [4.78, 5) is 22.2. The molecule has 4 N–H and O–H groups in total. The van der Waals surface area contributed by atoms with Crippen LogP contribution in [0.5, 0.6) is 17.2 Å². The highest BCUT2D eigenvalue weighted by Crippen LogP contribution is 2.40. The van der Waals surface area contributed by atoms with Crippen LogP contribution >= 0.6 is 11.3 Å². The third-order valence-electron chi connectivity index (χ3n) is 4.95. The van der Waals surface area contributed by atoms with E-state index in [1.54, 1.807) is 25.1 Å². The van der Waals surface area contributed by atoms with Gasteiger partial charge in [0.25, 0.3) is 0 Å². The molecule has 1 heterocycles. The fourth-order valence-electron chi connectivity index (χ4n) is 3.39. The van der Waals surface area contributed by atoms with Crippen molar-refractivity contribution < 1.29 is 24.1 Å². The number of carbonyl (C=O) groups excluding carboxylic acids is 1. The van der Waals surface area contributed by atoms with Crippen LogP contribution in [0.4, 0.5) is 16.6 Å². The molecule has 39 heavy (non-hydrogen) atoms. The third-order valence-corrected chi connectivity index (χ3v) is 6.05. The molecule has 0 atom stereocenters. The number of anilines is 3. The zero-order chi connectivity index (χ0) is 29.5. The first kappa shape index (κ1) is 33.0. The molecule has 10 heteroatoms. The Kier molecular flexibility index (Phi) is 14.1. The summed E-state index contributed by atoms with van der Waals surface area (Å²) in [5.41, 5.74) is 9.08. The van der Waals surface area contributed by atoms with Crippen LogP contribution in [0, 0.1) is 0 Å². The van der Waals surface area contributed by atoms with Gasteiger partial charge in [0, 0.05) is 23.4 Å². The van der Waals surface area contributed by atoms with Crippen molar-refractivity contribution in [3.05, 3.63) is 58.5 Å². The third kappa shape index (κ3) is 8.47. The highest BCUT2D eigenvalue weighted by atomic mass is 32.1. The first-order chi connectivity index (χ1) is 18.8. The van der Waals surface area contributed by atoms with Crippen LogP contribution in [-0.4, -0.2) is 42.6 Å². The average Bonchev–Trinajstić information content (AvgIpc) is 3.33. The van der Waals surface area contributed by atoms with Gasteiger partial charge < -0.3 is 30.4 Å². The number of ether oxygens (including phenoxy) is 3.